The third kappa shape index (κ3) is 3.62. The van der Waals surface area contributed by atoms with Crippen molar-refractivity contribution in [1.29, 1.82) is 0 Å². The van der Waals surface area contributed by atoms with Gasteiger partial charge in [-0.3, -0.25) is 9.69 Å². The summed E-state index contributed by atoms with van der Waals surface area (Å²) in [6.45, 7) is 0.464. The van der Waals surface area contributed by atoms with Gasteiger partial charge in [0.2, 0.25) is 0 Å². The van der Waals surface area contributed by atoms with E-state index in [1.165, 1.54) is 0 Å². The number of halogens is 1. The molecule has 2 aromatic rings. The number of benzene rings is 1. The van der Waals surface area contributed by atoms with Crippen molar-refractivity contribution in [1.82, 2.24) is 10.2 Å². The summed E-state index contributed by atoms with van der Waals surface area (Å²) >= 11 is 5.88. The Balaban J connectivity index is 2.01. The number of carbonyl (C=O) groups excluding carboxylic acids is 1. The highest BCUT2D eigenvalue weighted by molar-refractivity contribution is 6.30. The molecule has 1 atom stereocenters. The highest BCUT2D eigenvalue weighted by Gasteiger charge is 2.18. The number of hydrogen-bond acceptors (Lipinski definition) is 3. The van der Waals surface area contributed by atoms with Gasteiger partial charge in [0.25, 0.3) is 5.91 Å². The van der Waals surface area contributed by atoms with E-state index in [0.717, 1.165) is 5.76 Å². The molecule has 2 rings (SSSR count). The van der Waals surface area contributed by atoms with Gasteiger partial charge in [-0.2, -0.15) is 0 Å². The summed E-state index contributed by atoms with van der Waals surface area (Å²) in [5, 5.41) is 3.45. The molecule has 0 aliphatic heterocycles. The molecule has 1 aromatic carbocycles. The predicted octanol–water partition coefficient (Wildman–Crippen LogP) is 2.97. The van der Waals surface area contributed by atoms with Crippen LogP contribution in [0.15, 0.2) is 47.1 Å². The van der Waals surface area contributed by atoms with Gasteiger partial charge < -0.3 is 9.73 Å². The second-order valence-corrected chi connectivity index (χ2v) is 5.15. The first-order valence-electron chi connectivity index (χ1n) is 6.31. The molecule has 0 fully saturated rings. The molecule has 0 spiro atoms. The van der Waals surface area contributed by atoms with E-state index in [4.69, 9.17) is 16.0 Å². The summed E-state index contributed by atoms with van der Waals surface area (Å²) in [5.74, 6) is 0.673. The minimum absolute atomic E-state index is 0.00636. The summed E-state index contributed by atoms with van der Waals surface area (Å²) in [7, 11) is 3.89. The Labute approximate surface area is 123 Å². The first kappa shape index (κ1) is 14.6. The van der Waals surface area contributed by atoms with E-state index in [2.05, 4.69) is 5.32 Å². The zero-order valence-electron chi connectivity index (χ0n) is 11.5. The van der Waals surface area contributed by atoms with Gasteiger partial charge in [-0.1, -0.05) is 17.7 Å². The fourth-order valence-corrected chi connectivity index (χ4v) is 2.13. The molecule has 1 amide bonds. The van der Waals surface area contributed by atoms with E-state index in [-0.39, 0.29) is 11.9 Å². The molecule has 106 valence electrons. The number of amides is 1. The van der Waals surface area contributed by atoms with Crippen LogP contribution in [-0.4, -0.2) is 31.4 Å². The number of carbonyl (C=O) groups is 1. The second-order valence-electron chi connectivity index (χ2n) is 4.72. The number of likely N-dealkylation sites (N-methyl/N-ethyl adjacent to an activating group) is 1. The zero-order valence-corrected chi connectivity index (χ0v) is 12.2. The lowest BCUT2D eigenvalue weighted by Gasteiger charge is -2.22. The molecular formula is C15H17ClN2O2. The van der Waals surface area contributed by atoms with Crippen LogP contribution in [0.5, 0.6) is 0 Å². The Kier molecular flexibility index (Phi) is 4.82. The van der Waals surface area contributed by atoms with Crippen LogP contribution < -0.4 is 5.32 Å². The van der Waals surface area contributed by atoms with E-state index >= 15 is 0 Å². The maximum Gasteiger partial charge on any atom is 0.251 e. The molecule has 0 aliphatic carbocycles. The second kappa shape index (κ2) is 6.59. The third-order valence-corrected chi connectivity index (χ3v) is 3.27. The van der Waals surface area contributed by atoms with Crippen LogP contribution in [0.4, 0.5) is 0 Å². The van der Waals surface area contributed by atoms with Gasteiger partial charge in [0.05, 0.1) is 12.3 Å². The van der Waals surface area contributed by atoms with E-state index < -0.39 is 0 Å². The lowest BCUT2D eigenvalue weighted by Crippen LogP contribution is -2.34. The van der Waals surface area contributed by atoms with Gasteiger partial charge in [-0.25, -0.2) is 0 Å². The smallest absolute Gasteiger partial charge is 0.251 e. The summed E-state index contributed by atoms with van der Waals surface area (Å²) < 4.78 is 5.40. The van der Waals surface area contributed by atoms with Gasteiger partial charge >= 0.3 is 0 Å². The molecule has 0 unspecified atom stereocenters. The quantitative estimate of drug-likeness (QED) is 0.921. The average Bonchev–Trinajstić information content (AvgIpc) is 2.92. The van der Waals surface area contributed by atoms with Crippen LogP contribution in [0.2, 0.25) is 5.02 Å². The summed E-state index contributed by atoms with van der Waals surface area (Å²) in [4.78, 5) is 14.1. The standard InChI is InChI=1S/C15H17ClN2O2/c1-18(2)13(14-7-4-8-20-14)10-17-15(19)11-5-3-6-12(16)9-11/h3-9,13H,10H2,1-2H3,(H,17,19)/t13-/m0/s1. The molecule has 0 saturated heterocycles. The number of nitrogens with zero attached hydrogens (tertiary/aromatic N) is 1. The summed E-state index contributed by atoms with van der Waals surface area (Å²) in [6.07, 6.45) is 1.63. The van der Waals surface area contributed by atoms with E-state index in [1.807, 2.05) is 31.1 Å². The van der Waals surface area contributed by atoms with E-state index in [1.54, 1.807) is 30.5 Å². The normalized spacial score (nSPS) is 12.4. The van der Waals surface area contributed by atoms with Crippen LogP contribution in [0.1, 0.15) is 22.2 Å². The molecule has 1 aromatic heterocycles. The van der Waals surface area contributed by atoms with Gasteiger partial charge in [0, 0.05) is 17.1 Å². The SMILES string of the molecule is CN(C)[C@@H](CNC(=O)c1cccc(Cl)c1)c1ccco1. The van der Waals surface area contributed by atoms with Crippen LogP contribution >= 0.6 is 11.6 Å². The fraction of sp³-hybridized carbons (Fsp3) is 0.267. The van der Waals surface area contributed by atoms with Crippen molar-refractivity contribution in [3.8, 4) is 0 Å². The first-order valence-corrected chi connectivity index (χ1v) is 6.69. The largest absolute Gasteiger partial charge is 0.468 e. The number of hydrogen-bond donors (Lipinski definition) is 1. The molecule has 0 aliphatic rings. The fourth-order valence-electron chi connectivity index (χ4n) is 1.94. The highest BCUT2D eigenvalue weighted by atomic mass is 35.5. The third-order valence-electron chi connectivity index (χ3n) is 3.04. The van der Waals surface area contributed by atoms with Crippen molar-refractivity contribution in [2.45, 2.75) is 6.04 Å². The monoisotopic (exact) mass is 292 g/mol. The molecule has 0 bridgehead atoms. The van der Waals surface area contributed by atoms with E-state index in [9.17, 15) is 4.79 Å². The topological polar surface area (TPSA) is 45.5 Å². The van der Waals surface area contributed by atoms with Crippen LogP contribution in [0.3, 0.4) is 0 Å². The van der Waals surface area contributed by atoms with Crippen LogP contribution in [-0.2, 0) is 0 Å². The minimum atomic E-state index is -0.147. The Bertz CT molecular complexity index is 567. The van der Waals surface area contributed by atoms with Gasteiger partial charge in [-0.15, -0.1) is 0 Å². The first-order chi connectivity index (χ1) is 9.58. The zero-order chi connectivity index (χ0) is 14.5. The van der Waals surface area contributed by atoms with Crippen molar-refractivity contribution in [2.75, 3.05) is 20.6 Å². The van der Waals surface area contributed by atoms with Crippen molar-refractivity contribution in [3.05, 3.63) is 59.0 Å². The molecule has 0 radical (unpaired) electrons. The maximum absolute atomic E-state index is 12.1. The average molecular weight is 293 g/mol. The van der Waals surface area contributed by atoms with Crippen molar-refractivity contribution < 1.29 is 9.21 Å². The van der Waals surface area contributed by atoms with Crippen molar-refractivity contribution >= 4 is 17.5 Å². The van der Waals surface area contributed by atoms with Crippen LogP contribution in [0.25, 0.3) is 0 Å². The van der Waals surface area contributed by atoms with Crippen molar-refractivity contribution in [3.63, 3.8) is 0 Å². The molecule has 20 heavy (non-hydrogen) atoms. The Morgan fingerprint density at radius 3 is 2.75 bits per heavy atom. The van der Waals surface area contributed by atoms with Gasteiger partial charge in [0.15, 0.2) is 0 Å². The lowest BCUT2D eigenvalue weighted by atomic mass is 10.2. The van der Waals surface area contributed by atoms with Gasteiger partial charge in [0.1, 0.15) is 5.76 Å². The van der Waals surface area contributed by atoms with Crippen LogP contribution in [0, 0.1) is 0 Å². The number of nitrogens with one attached hydrogen (secondary N) is 1. The summed E-state index contributed by atoms with van der Waals surface area (Å²) in [5.41, 5.74) is 0.550. The lowest BCUT2D eigenvalue weighted by molar-refractivity contribution is 0.0939. The number of furan rings is 1. The highest BCUT2D eigenvalue weighted by Crippen LogP contribution is 2.18. The van der Waals surface area contributed by atoms with Gasteiger partial charge in [-0.05, 0) is 44.4 Å². The molecule has 1 N–H and O–H groups in total. The molecule has 4 nitrogen and oxygen atoms in total. The Hall–Kier alpha value is -1.78. The molecule has 5 heteroatoms. The molecule has 1 heterocycles. The van der Waals surface area contributed by atoms with E-state index in [0.29, 0.717) is 17.1 Å². The Morgan fingerprint density at radius 2 is 2.15 bits per heavy atom. The molecule has 0 saturated carbocycles. The van der Waals surface area contributed by atoms with Crippen molar-refractivity contribution in [2.24, 2.45) is 0 Å². The predicted molar refractivity (Wildman–Crippen MR) is 78.9 cm³/mol. The Morgan fingerprint density at radius 1 is 1.35 bits per heavy atom. The summed E-state index contributed by atoms with van der Waals surface area (Å²) in [6, 6.07) is 10.6. The minimum Gasteiger partial charge on any atom is -0.468 e. The maximum atomic E-state index is 12.1. The molecular weight excluding hydrogens is 276 g/mol. The number of rotatable bonds is 5.